The zero-order valence-electron chi connectivity index (χ0n) is 7.70. The molecule has 0 amide bonds. The minimum Gasteiger partial charge on any atom is -0.469 e. The molecular weight excluding hydrogens is 156 g/mol. The van der Waals surface area contributed by atoms with Crippen molar-refractivity contribution >= 4 is 5.97 Å². The maximum Gasteiger partial charge on any atom is 0.307 e. The Bertz CT molecular complexity index is 197. The number of nitrogens with zero attached hydrogens (tertiary/aromatic N) is 2. The number of esters is 1. The third-order valence-corrected chi connectivity index (χ3v) is 1.29. The molecule has 0 fully saturated rings. The number of rotatable bonds is 4. The van der Waals surface area contributed by atoms with Crippen molar-refractivity contribution in [1.29, 1.82) is 0 Å². The summed E-state index contributed by atoms with van der Waals surface area (Å²) in [5, 5.41) is 7.61. The summed E-state index contributed by atoms with van der Waals surface area (Å²) in [5.74, 6) is -0.257. The first-order valence-electron chi connectivity index (χ1n) is 3.78. The molecule has 0 atom stereocenters. The van der Waals surface area contributed by atoms with E-state index in [1.54, 1.807) is 0 Å². The minimum atomic E-state index is -0.257. The first-order valence-corrected chi connectivity index (χ1v) is 3.78. The van der Waals surface area contributed by atoms with E-state index in [-0.39, 0.29) is 12.4 Å². The zero-order valence-corrected chi connectivity index (χ0v) is 7.70. The summed E-state index contributed by atoms with van der Waals surface area (Å²) in [6.07, 6.45) is 2.14. The molecule has 0 heterocycles. The van der Waals surface area contributed by atoms with E-state index >= 15 is 0 Å². The van der Waals surface area contributed by atoms with E-state index in [1.165, 1.54) is 7.11 Å². The molecule has 12 heavy (non-hydrogen) atoms. The van der Waals surface area contributed by atoms with Crippen molar-refractivity contribution in [1.82, 2.24) is 0 Å². The molecule has 0 bridgehead atoms. The highest BCUT2D eigenvalue weighted by Gasteiger charge is 1.96. The van der Waals surface area contributed by atoms with E-state index < -0.39 is 0 Å². The van der Waals surface area contributed by atoms with Gasteiger partial charge in [-0.15, -0.1) is 0 Å². The molecule has 0 unspecified atom stereocenters. The van der Waals surface area contributed by atoms with E-state index in [0.29, 0.717) is 6.54 Å². The van der Waals surface area contributed by atoms with Gasteiger partial charge in [0.25, 0.3) is 0 Å². The lowest BCUT2D eigenvalue weighted by Gasteiger charge is -1.93. The van der Waals surface area contributed by atoms with Gasteiger partial charge in [-0.25, -0.2) is 0 Å². The number of carbonyl (C=O) groups excluding carboxylic acids is 1. The second kappa shape index (κ2) is 6.52. The lowest BCUT2D eigenvalue weighted by Crippen LogP contribution is -2.01. The van der Waals surface area contributed by atoms with Gasteiger partial charge in [0.2, 0.25) is 0 Å². The van der Waals surface area contributed by atoms with E-state index in [2.05, 4.69) is 15.0 Å². The van der Waals surface area contributed by atoms with Crippen LogP contribution in [0.3, 0.4) is 0 Å². The van der Waals surface area contributed by atoms with Gasteiger partial charge in [-0.3, -0.25) is 4.79 Å². The summed E-state index contributed by atoms with van der Waals surface area (Å²) in [6, 6.07) is 0. The molecule has 68 valence electrons. The lowest BCUT2D eigenvalue weighted by atomic mass is 10.4. The number of hydrogen-bond acceptors (Lipinski definition) is 4. The molecule has 0 N–H and O–H groups in total. The smallest absolute Gasteiger partial charge is 0.307 e. The largest absolute Gasteiger partial charge is 0.469 e. The first kappa shape index (κ1) is 10.8. The van der Waals surface area contributed by atoms with E-state index in [9.17, 15) is 4.79 Å². The molecule has 4 heteroatoms. The van der Waals surface area contributed by atoms with Crippen LogP contribution in [-0.2, 0) is 9.53 Å². The number of carbonyl (C=O) groups is 1. The van der Waals surface area contributed by atoms with Gasteiger partial charge < -0.3 is 4.74 Å². The van der Waals surface area contributed by atoms with Crippen molar-refractivity contribution < 1.29 is 9.53 Å². The molecule has 0 spiro atoms. The van der Waals surface area contributed by atoms with Crippen molar-refractivity contribution in [3.05, 3.63) is 11.8 Å². The fourth-order valence-electron chi connectivity index (χ4n) is 0.463. The standard InChI is InChI=1S/C8H14N2O2/c1-4-7(2)10-9-6-5-8(11)12-3/h4H,5-6H2,1-3H3/b7-4-,10-9?. The minimum absolute atomic E-state index is 0.257. The van der Waals surface area contributed by atoms with Crippen LogP contribution in [0.25, 0.3) is 0 Å². The number of hydrogen-bond donors (Lipinski definition) is 0. The van der Waals surface area contributed by atoms with Crippen LogP contribution < -0.4 is 0 Å². The average molecular weight is 170 g/mol. The summed E-state index contributed by atoms with van der Waals surface area (Å²) < 4.78 is 4.43. The van der Waals surface area contributed by atoms with Gasteiger partial charge in [0, 0.05) is 0 Å². The molecule has 0 aromatic rings. The van der Waals surface area contributed by atoms with Gasteiger partial charge in [-0.05, 0) is 13.8 Å². The van der Waals surface area contributed by atoms with Crippen LogP contribution in [0.1, 0.15) is 20.3 Å². The average Bonchev–Trinajstić information content (AvgIpc) is 2.11. The maximum absolute atomic E-state index is 10.6. The van der Waals surface area contributed by atoms with Crippen molar-refractivity contribution in [3.8, 4) is 0 Å². The Labute approximate surface area is 72.3 Å². The van der Waals surface area contributed by atoms with Crippen LogP contribution in [0, 0.1) is 0 Å². The fourth-order valence-corrected chi connectivity index (χ4v) is 0.463. The molecule has 4 nitrogen and oxygen atoms in total. The Morgan fingerprint density at radius 2 is 2.25 bits per heavy atom. The van der Waals surface area contributed by atoms with Gasteiger partial charge in [0.1, 0.15) is 0 Å². The summed E-state index contributed by atoms with van der Waals surface area (Å²) >= 11 is 0. The second-order valence-corrected chi connectivity index (χ2v) is 2.22. The fraction of sp³-hybridized carbons (Fsp3) is 0.625. The Balaban J connectivity index is 3.56. The summed E-state index contributed by atoms with van der Waals surface area (Å²) in [5.41, 5.74) is 0.847. The second-order valence-electron chi connectivity index (χ2n) is 2.22. The van der Waals surface area contributed by atoms with Gasteiger partial charge in [-0.2, -0.15) is 10.2 Å². The molecule has 0 radical (unpaired) electrons. The predicted octanol–water partition coefficient (Wildman–Crippen LogP) is 1.93. The molecule has 0 saturated carbocycles. The Morgan fingerprint density at radius 3 is 2.75 bits per heavy atom. The third kappa shape index (κ3) is 5.58. The Hall–Kier alpha value is -1.19. The highest BCUT2D eigenvalue weighted by Crippen LogP contribution is 1.95. The van der Waals surface area contributed by atoms with Gasteiger partial charge >= 0.3 is 5.97 Å². The monoisotopic (exact) mass is 170 g/mol. The molecule has 0 saturated heterocycles. The Morgan fingerprint density at radius 1 is 1.58 bits per heavy atom. The number of azo groups is 1. The quantitative estimate of drug-likeness (QED) is 0.478. The molecule has 0 aliphatic carbocycles. The SMILES string of the molecule is C/C=C(/C)N=NCCC(=O)OC. The first-order chi connectivity index (χ1) is 5.70. The molecule has 0 aromatic heterocycles. The molecule has 0 aliphatic heterocycles. The van der Waals surface area contributed by atoms with Crippen LogP contribution in [-0.4, -0.2) is 19.6 Å². The topological polar surface area (TPSA) is 51.0 Å². The van der Waals surface area contributed by atoms with Crippen LogP contribution in [0.2, 0.25) is 0 Å². The highest BCUT2D eigenvalue weighted by atomic mass is 16.5. The van der Waals surface area contributed by atoms with Gasteiger partial charge in [0.05, 0.1) is 25.8 Å². The number of ether oxygens (including phenoxy) is 1. The van der Waals surface area contributed by atoms with Crippen LogP contribution in [0.15, 0.2) is 22.0 Å². The van der Waals surface area contributed by atoms with E-state index in [4.69, 9.17) is 0 Å². The zero-order chi connectivity index (χ0) is 9.40. The van der Waals surface area contributed by atoms with Crippen LogP contribution in [0.5, 0.6) is 0 Å². The Kier molecular flexibility index (Phi) is 5.87. The van der Waals surface area contributed by atoms with Crippen molar-refractivity contribution in [2.45, 2.75) is 20.3 Å². The lowest BCUT2D eigenvalue weighted by molar-refractivity contribution is -0.140. The number of allylic oxidation sites excluding steroid dienone is 2. The van der Waals surface area contributed by atoms with Crippen LogP contribution in [0.4, 0.5) is 0 Å². The summed E-state index contributed by atoms with van der Waals surface area (Å²) in [7, 11) is 1.36. The summed E-state index contributed by atoms with van der Waals surface area (Å²) in [4.78, 5) is 10.6. The van der Waals surface area contributed by atoms with E-state index in [1.807, 2.05) is 19.9 Å². The molecule has 0 aliphatic rings. The molecule has 0 rings (SSSR count). The van der Waals surface area contributed by atoms with Gasteiger partial charge in [-0.1, -0.05) is 6.08 Å². The normalized spacial score (nSPS) is 12.1. The predicted molar refractivity (Wildman–Crippen MR) is 45.8 cm³/mol. The van der Waals surface area contributed by atoms with Gasteiger partial charge in [0.15, 0.2) is 0 Å². The summed E-state index contributed by atoms with van der Waals surface area (Å²) in [6.45, 7) is 4.12. The third-order valence-electron chi connectivity index (χ3n) is 1.29. The van der Waals surface area contributed by atoms with Crippen molar-refractivity contribution in [3.63, 3.8) is 0 Å². The number of methoxy groups -OCH3 is 1. The van der Waals surface area contributed by atoms with Crippen LogP contribution >= 0.6 is 0 Å². The van der Waals surface area contributed by atoms with E-state index in [0.717, 1.165) is 5.70 Å². The van der Waals surface area contributed by atoms with Crippen molar-refractivity contribution in [2.24, 2.45) is 10.2 Å². The maximum atomic E-state index is 10.6. The molecular formula is C8H14N2O2. The molecule has 0 aromatic carbocycles. The highest BCUT2D eigenvalue weighted by molar-refractivity contribution is 5.69. The van der Waals surface area contributed by atoms with Crippen molar-refractivity contribution in [2.75, 3.05) is 13.7 Å².